The van der Waals surface area contributed by atoms with E-state index < -0.39 is 6.10 Å². The van der Waals surface area contributed by atoms with Crippen LogP contribution in [-0.2, 0) is 27.3 Å². The van der Waals surface area contributed by atoms with Crippen LogP contribution in [0.15, 0.2) is 48.5 Å². The number of para-hydroxylation sites is 1. The number of benzene rings is 2. The Hall–Kier alpha value is -3.06. The Kier molecular flexibility index (Phi) is 7.27. The molecule has 170 valence electrons. The van der Waals surface area contributed by atoms with Gasteiger partial charge in [-0.25, -0.2) is 0 Å². The minimum atomic E-state index is -0.590. The minimum absolute atomic E-state index is 0.0711. The number of hydrogen-bond acceptors (Lipinski definition) is 5. The summed E-state index contributed by atoms with van der Waals surface area (Å²) < 4.78 is 17.0. The van der Waals surface area contributed by atoms with E-state index in [1.54, 1.807) is 11.8 Å². The lowest BCUT2D eigenvalue weighted by molar-refractivity contribution is -0.138. The summed E-state index contributed by atoms with van der Waals surface area (Å²) in [6, 6.07) is 15.4. The standard InChI is InChI=1S/C25H30N2O5/c1-19(32-22-5-3-2-4-6-22)25(29)27-13-16-31-23-9-7-20(17-21(23)18-27)8-10-24(28)26-11-14-30-15-12-26/h2-7,9,17,19H,8,10-16,18H2,1H3. The van der Waals surface area contributed by atoms with Crippen molar-refractivity contribution in [3.05, 3.63) is 59.7 Å². The predicted molar refractivity (Wildman–Crippen MR) is 120 cm³/mol. The molecule has 1 saturated heterocycles. The zero-order valence-corrected chi connectivity index (χ0v) is 18.5. The summed E-state index contributed by atoms with van der Waals surface area (Å²) >= 11 is 0. The lowest BCUT2D eigenvalue weighted by Gasteiger charge is -2.27. The molecule has 2 aliphatic rings. The smallest absolute Gasteiger partial charge is 0.263 e. The molecule has 1 fully saturated rings. The number of rotatable bonds is 6. The molecule has 0 aromatic heterocycles. The van der Waals surface area contributed by atoms with Crippen molar-refractivity contribution in [2.24, 2.45) is 0 Å². The Morgan fingerprint density at radius 2 is 1.75 bits per heavy atom. The van der Waals surface area contributed by atoms with Crippen LogP contribution in [0.25, 0.3) is 0 Å². The Balaban J connectivity index is 1.38. The average Bonchev–Trinajstić information content (AvgIpc) is 3.05. The number of fused-ring (bicyclic) bond motifs is 1. The maximum absolute atomic E-state index is 13.0. The molecule has 4 rings (SSSR count). The molecule has 7 heteroatoms. The average molecular weight is 439 g/mol. The summed E-state index contributed by atoms with van der Waals surface area (Å²) in [6.45, 7) is 5.72. The number of morpholine rings is 1. The van der Waals surface area contributed by atoms with Crippen LogP contribution in [0.3, 0.4) is 0 Å². The molecule has 32 heavy (non-hydrogen) atoms. The highest BCUT2D eigenvalue weighted by atomic mass is 16.5. The molecule has 1 atom stereocenters. The summed E-state index contributed by atoms with van der Waals surface area (Å²) in [4.78, 5) is 29.1. The van der Waals surface area contributed by atoms with Gasteiger partial charge in [-0.3, -0.25) is 9.59 Å². The fourth-order valence-electron chi connectivity index (χ4n) is 4.02. The van der Waals surface area contributed by atoms with Crippen LogP contribution >= 0.6 is 0 Å². The number of hydrogen-bond donors (Lipinski definition) is 0. The Labute approximate surface area is 188 Å². The second-order valence-corrected chi connectivity index (χ2v) is 8.12. The highest BCUT2D eigenvalue weighted by Gasteiger charge is 2.25. The first-order valence-corrected chi connectivity index (χ1v) is 11.2. The Morgan fingerprint density at radius 3 is 2.53 bits per heavy atom. The summed E-state index contributed by atoms with van der Waals surface area (Å²) in [7, 11) is 0. The van der Waals surface area contributed by atoms with Crippen LogP contribution in [0.2, 0.25) is 0 Å². The molecule has 0 aliphatic carbocycles. The number of amides is 2. The number of carbonyl (C=O) groups is 2. The van der Waals surface area contributed by atoms with Gasteiger partial charge in [-0.15, -0.1) is 0 Å². The van der Waals surface area contributed by atoms with Gasteiger partial charge in [-0.05, 0) is 37.1 Å². The topological polar surface area (TPSA) is 68.3 Å². The van der Waals surface area contributed by atoms with Gasteiger partial charge in [0.15, 0.2) is 6.10 Å². The predicted octanol–water partition coefficient (Wildman–Crippen LogP) is 2.67. The minimum Gasteiger partial charge on any atom is -0.491 e. The van der Waals surface area contributed by atoms with Crippen molar-refractivity contribution >= 4 is 11.8 Å². The third-order valence-corrected chi connectivity index (χ3v) is 5.81. The summed E-state index contributed by atoms with van der Waals surface area (Å²) in [5.74, 6) is 1.55. The second-order valence-electron chi connectivity index (χ2n) is 8.12. The monoisotopic (exact) mass is 438 g/mol. The van der Waals surface area contributed by atoms with Gasteiger partial charge in [-0.1, -0.05) is 30.3 Å². The fourth-order valence-corrected chi connectivity index (χ4v) is 4.02. The van der Waals surface area contributed by atoms with Crippen LogP contribution < -0.4 is 9.47 Å². The zero-order valence-electron chi connectivity index (χ0n) is 18.5. The van der Waals surface area contributed by atoms with Gasteiger partial charge < -0.3 is 24.0 Å². The van der Waals surface area contributed by atoms with Crippen LogP contribution in [0, 0.1) is 0 Å². The van der Waals surface area contributed by atoms with E-state index in [9.17, 15) is 9.59 Å². The van der Waals surface area contributed by atoms with Gasteiger partial charge >= 0.3 is 0 Å². The lowest BCUT2D eigenvalue weighted by atomic mass is 10.0. The first-order chi connectivity index (χ1) is 15.6. The molecule has 0 radical (unpaired) electrons. The van der Waals surface area contributed by atoms with E-state index in [0.717, 1.165) is 16.9 Å². The normalized spacial score (nSPS) is 17.0. The van der Waals surface area contributed by atoms with Crippen LogP contribution in [0.4, 0.5) is 0 Å². The first-order valence-electron chi connectivity index (χ1n) is 11.2. The van der Waals surface area contributed by atoms with Gasteiger partial charge in [0.25, 0.3) is 5.91 Å². The largest absolute Gasteiger partial charge is 0.491 e. The van der Waals surface area contributed by atoms with E-state index in [-0.39, 0.29) is 11.8 Å². The molecular weight excluding hydrogens is 408 g/mol. The quantitative estimate of drug-likeness (QED) is 0.694. The van der Waals surface area contributed by atoms with E-state index in [0.29, 0.717) is 64.6 Å². The van der Waals surface area contributed by atoms with E-state index >= 15 is 0 Å². The summed E-state index contributed by atoms with van der Waals surface area (Å²) in [5.41, 5.74) is 2.02. The lowest BCUT2D eigenvalue weighted by Crippen LogP contribution is -2.41. The molecule has 2 amide bonds. The van der Waals surface area contributed by atoms with Crippen molar-refractivity contribution < 1.29 is 23.8 Å². The van der Waals surface area contributed by atoms with Crippen molar-refractivity contribution in [1.82, 2.24) is 9.80 Å². The third kappa shape index (κ3) is 5.59. The maximum Gasteiger partial charge on any atom is 0.263 e. The van der Waals surface area contributed by atoms with Crippen molar-refractivity contribution in [1.29, 1.82) is 0 Å². The number of ether oxygens (including phenoxy) is 3. The third-order valence-electron chi connectivity index (χ3n) is 5.81. The van der Waals surface area contributed by atoms with Crippen molar-refractivity contribution in [3.63, 3.8) is 0 Å². The SMILES string of the molecule is CC(Oc1ccccc1)C(=O)N1CCOc2ccc(CCC(=O)N3CCOCC3)cc2C1. The molecule has 2 heterocycles. The number of nitrogens with zero attached hydrogens (tertiary/aromatic N) is 2. The van der Waals surface area contributed by atoms with Gasteiger partial charge in [0.05, 0.1) is 19.8 Å². The van der Waals surface area contributed by atoms with Crippen molar-refractivity contribution in [3.8, 4) is 11.5 Å². The molecular formula is C25H30N2O5. The van der Waals surface area contributed by atoms with E-state index in [4.69, 9.17) is 14.2 Å². The molecule has 2 aromatic rings. The Morgan fingerprint density at radius 1 is 1.00 bits per heavy atom. The van der Waals surface area contributed by atoms with Crippen molar-refractivity contribution in [2.75, 3.05) is 39.5 Å². The summed E-state index contributed by atoms with van der Waals surface area (Å²) in [5, 5.41) is 0. The molecule has 0 spiro atoms. The molecule has 2 aromatic carbocycles. The van der Waals surface area contributed by atoms with Crippen molar-refractivity contribution in [2.45, 2.75) is 32.4 Å². The molecule has 0 N–H and O–H groups in total. The summed E-state index contributed by atoms with van der Waals surface area (Å²) in [6.07, 6.45) is 0.531. The van der Waals surface area contributed by atoms with Crippen LogP contribution in [0.1, 0.15) is 24.5 Å². The number of carbonyl (C=O) groups excluding carboxylic acids is 2. The van der Waals surface area contributed by atoms with E-state index in [1.165, 1.54) is 0 Å². The Bertz CT molecular complexity index is 927. The zero-order chi connectivity index (χ0) is 22.3. The second kappa shape index (κ2) is 10.5. The molecule has 1 unspecified atom stereocenters. The van der Waals surface area contributed by atoms with Gasteiger partial charge in [0, 0.05) is 31.6 Å². The molecule has 0 bridgehead atoms. The first kappa shape index (κ1) is 22.1. The molecule has 2 aliphatic heterocycles. The highest BCUT2D eigenvalue weighted by Crippen LogP contribution is 2.26. The fraction of sp³-hybridized carbons (Fsp3) is 0.440. The molecule has 7 nitrogen and oxygen atoms in total. The number of aryl methyl sites for hydroxylation is 1. The van der Waals surface area contributed by atoms with E-state index in [2.05, 4.69) is 6.07 Å². The maximum atomic E-state index is 13.0. The van der Waals surface area contributed by atoms with Gasteiger partial charge in [0.1, 0.15) is 18.1 Å². The van der Waals surface area contributed by atoms with Crippen LogP contribution in [-0.4, -0.2) is 67.2 Å². The van der Waals surface area contributed by atoms with Gasteiger partial charge in [-0.2, -0.15) is 0 Å². The van der Waals surface area contributed by atoms with Gasteiger partial charge in [0.2, 0.25) is 5.91 Å². The highest BCUT2D eigenvalue weighted by molar-refractivity contribution is 5.81. The van der Waals surface area contributed by atoms with Crippen LogP contribution in [0.5, 0.6) is 11.5 Å². The van der Waals surface area contributed by atoms with E-state index in [1.807, 2.05) is 47.4 Å². The molecule has 0 saturated carbocycles.